The Hall–Kier alpha value is -3.95. The number of fused-ring (bicyclic) bond motifs is 1. The summed E-state index contributed by atoms with van der Waals surface area (Å²) in [6.45, 7) is 5.04. The Morgan fingerprint density at radius 1 is 0.914 bits per heavy atom. The first-order valence-corrected chi connectivity index (χ1v) is 11.3. The van der Waals surface area contributed by atoms with Gasteiger partial charge in [0.15, 0.2) is 5.65 Å². The van der Waals surface area contributed by atoms with E-state index < -0.39 is 0 Å². The number of aryl methyl sites for hydroxylation is 1. The molecule has 35 heavy (non-hydrogen) atoms. The summed E-state index contributed by atoms with van der Waals surface area (Å²) in [4.78, 5) is 11.2. The highest BCUT2D eigenvalue weighted by molar-refractivity contribution is 5.85. The van der Waals surface area contributed by atoms with Crippen molar-refractivity contribution in [1.29, 1.82) is 0 Å². The quantitative estimate of drug-likeness (QED) is 0.376. The molecule has 2 N–H and O–H groups in total. The summed E-state index contributed by atoms with van der Waals surface area (Å²) in [5.41, 5.74) is 5.77. The predicted molar refractivity (Wildman–Crippen MR) is 139 cm³/mol. The molecule has 0 bridgehead atoms. The Balaban J connectivity index is 0.00000253. The minimum Gasteiger partial charge on any atom is -0.378 e. The highest BCUT2D eigenvalue weighted by Crippen LogP contribution is 2.28. The molecule has 0 aliphatic carbocycles. The number of aromatic nitrogens is 6. The smallest absolute Gasteiger partial charge is 0.160 e. The summed E-state index contributed by atoms with van der Waals surface area (Å²) < 4.78 is 7.46. The summed E-state index contributed by atoms with van der Waals surface area (Å²) in [6.07, 6.45) is 3.54. The van der Waals surface area contributed by atoms with Gasteiger partial charge in [-0.2, -0.15) is 14.7 Å². The van der Waals surface area contributed by atoms with E-state index in [-0.39, 0.29) is 12.4 Å². The molecule has 5 aromatic rings. The highest BCUT2D eigenvalue weighted by atomic mass is 35.5. The van der Waals surface area contributed by atoms with Crippen LogP contribution < -0.4 is 10.2 Å². The van der Waals surface area contributed by atoms with E-state index in [1.165, 1.54) is 5.56 Å². The number of nitrogens with one attached hydrogen (secondary N) is 2. The number of morpholine rings is 1. The Morgan fingerprint density at radius 3 is 2.43 bits per heavy atom. The van der Waals surface area contributed by atoms with E-state index in [1.54, 1.807) is 12.4 Å². The van der Waals surface area contributed by atoms with Gasteiger partial charge in [-0.25, -0.2) is 4.98 Å². The monoisotopic (exact) mass is 488 g/mol. The maximum Gasteiger partial charge on any atom is 0.160 e. The number of H-pyrrole nitrogens is 1. The number of benzene rings is 1. The molecule has 4 aromatic heterocycles. The van der Waals surface area contributed by atoms with E-state index in [0.717, 1.165) is 52.9 Å². The van der Waals surface area contributed by atoms with Crippen LogP contribution in [0.4, 0.5) is 17.5 Å². The zero-order chi connectivity index (χ0) is 22.9. The maximum absolute atomic E-state index is 5.56. The Morgan fingerprint density at radius 2 is 1.66 bits per heavy atom. The molecule has 0 atom stereocenters. The van der Waals surface area contributed by atoms with Gasteiger partial charge in [0.05, 0.1) is 24.6 Å². The van der Waals surface area contributed by atoms with E-state index in [0.29, 0.717) is 19.0 Å². The molecule has 1 aliphatic rings. The standard InChI is InChI=1S/C25H24N8O.ClH/c1-17-2-4-18(5-3-17)20-14-23(30-29-20)27-22-16-25(32-10-12-34-13-11-32)33-24(28-22)15-21(31-33)19-6-8-26-9-7-19;/h2-9,14-16H,10-13H2,1H3,(H2,27,28,29,30);1H. The van der Waals surface area contributed by atoms with Gasteiger partial charge in [-0.15, -0.1) is 12.4 Å². The number of ether oxygens (including phenoxy) is 1. The maximum atomic E-state index is 5.56. The second-order valence-electron chi connectivity index (χ2n) is 8.29. The number of rotatable bonds is 5. The largest absolute Gasteiger partial charge is 0.378 e. The Labute approximate surface area is 208 Å². The Kier molecular flexibility index (Phi) is 6.35. The number of hydrogen-bond donors (Lipinski definition) is 2. The third kappa shape index (κ3) is 4.68. The van der Waals surface area contributed by atoms with Crippen molar-refractivity contribution >= 4 is 35.5 Å². The van der Waals surface area contributed by atoms with Crippen LogP contribution >= 0.6 is 12.4 Å². The molecule has 9 nitrogen and oxygen atoms in total. The molecule has 178 valence electrons. The van der Waals surface area contributed by atoms with Gasteiger partial charge < -0.3 is 15.0 Å². The van der Waals surface area contributed by atoms with Gasteiger partial charge >= 0.3 is 0 Å². The zero-order valence-electron chi connectivity index (χ0n) is 19.2. The van der Waals surface area contributed by atoms with Gasteiger partial charge in [-0.05, 0) is 19.1 Å². The minimum atomic E-state index is 0. The molecule has 0 unspecified atom stereocenters. The van der Waals surface area contributed by atoms with Crippen LogP contribution in [0.25, 0.3) is 28.2 Å². The van der Waals surface area contributed by atoms with Crippen molar-refractivity contribution < 1.29 is 4.74 Å². The molecule has 5 heterocycles. The average molecular weight is 489 g/mol. The van der Waals surface area contributed by atoms with Crippen LogP contribution in [0.2, 0.25) is 0 Å². The van der Waals surface area contributed by atoms with Gasteiger partial charge in [-0.1, -0.05) is 29.8 Å². The van der Waals surface area contributed by atoms with Crippen molar-refractivity contribution in [2.45, 2.75) is 6.92 Å². The van der Waals surface area contributed by atoms with E-state index >= 15 is 0 Å². The number of hydrogen-bond acceptors (Lipinski definition) is 7. The molecular formula is C25H25ClN8O. The molecular weight excluding hydrogens is 464 g/mol. The SMILES string of the molecule is Cc1ccc(-c2cc(Nc3cc(N4CCOCC4)n4nc(-c5ccncc5)cc4n3)[nH]n2)cc1.Cl. The fraction of sp³-hybridized carbons (Fsp3) is 0.200. The fourth-order valence-corrected chi connectivity index (χ4v) is 4.10. The lowest BCUT2D eigenvalue weighted by molar-refractivity contribution is 0.122. The first-order chi connectivity index (χ1) is 16.7. The lowest BCUT2D eigenvalue weighted by Crippen LogP contribution is -2.37. The normalized spacial score (nSPS) is 13.6. The topological polar surface area (TPSA) is 96.3 Å². The van der Waals surface area contributed by atoms with Gasteiger partial charge in [0.1, 0.15) is 17.5 Å². The molecule has 1 aliphatic heterocycles. The van der Waals surface area contributed by atoms with Crippen molar-refractivity contribution in [3.63, 3.8) is 0 Å². The molecule has 0 radical (unpaired) electrons. The first-order valence-electron chi connectivity index (χ1n) is 11.3. The van der Waals surface area contributed by atoms with Crippen LogP contribution in [0.15, 0.2) is 67.0 Å². The summed E-state index contributed by atoms with van der Waals surface area (Å²) in [6, 6.07) is 18.2. The summed E-state index contributed by atoms with van der Waals surface area (Å²) in [7, 11) is 0. The predicted octanol–water partition coefficient (Wildman–Crippen LogP) is 4.49. The second kappa shape index (κ2) is 9.73. The van der Waals surface area contributed by atoms with Gasteiger partial charge in [0, 0.05) is 54.8 Å². The van der Waals surface area contributed by atoms with Gasteiger partial charge in [-0.3, -0.25) is 10.1 Å². The molecule has 10 heteroatoms. The average Bonchev–Trinajstić information content (AvgIpc) is 3.52. The molecule has 0 saturated carbocycles. The van der Waals surface area contributed by atoms with Crippen molar-refractivity contribution in [3.8, 4) is 22.5 Å². The zero-order valence-corrected chi connectivity index (χ0v) is 20.0. The van der Waals surface area contributed by atoms with Crippen molar-refractivity contribution in [1.82, 2.24) is 29.8 Å². The minimum absolute atomic E-state index is 0. The highest BCUT2D eigenvalue weighted by Gasteiger charge is 2.19. The van der Waals surface area contributed by atoms with Crippen LogP contribution in [-0.2, 0) is 4.74 Å². The number of pyridine rings is 1. The molecule has 0 spiro atoms. The van der Waals surface area contributed by atoms with E-state index in [4.69, 9.17) is 14.8 Å². The van der Waals surface area contributed by atoms with Crippen LogP contribution in [0, 0.1) is 6.92 Å². The summed E-state index contributed by atoms with van der Waals surface area (Å²) in [5, 5.41) is 15.8. The number of halogens is 1. The molecule has 1 fully saturated rings. The van der Waals surface area contributed by atoms with Crippen molar-refractivity contribution in [2.75, 3.05) is 36.5 Å². The van der Waals surface area contributed by atoms with Crippen LogP contribution in [0.5, 0.6) is 0 Å². The summed E-state index contributed by atoms with van der Waals surface area (Å²) in [5.74, 6) is 2.46. The third-order valence-corrected chi connectivity index (χ3v) is 5.91. The van der Waals surface area contributed by atoms with Crippen LogP contribution in [0.3, 0.4) is 0 Å². The van der Waals surface area contributed by atoms with Crippen molar-refractivity contribution in [2.24, 2.45) is 0 Å². The molecule has 1 saturated heterocycles. The number of aromatic amines is 1. The fourth-order valence-electron chi connectivity index (χ4n) is 4.10. The Bertz CT molecular complexity index is 1430. The number of nitrogens with zero attached hydrogens (tertiary/aromatic N) is 6. The van der Waals surface area contributed by atoms with Crippen molar-refractivity contribution in [3.05, 3.63) is 72.6 Å². The lowest BCUT2D eigenvalue weighted by atomic mass is 10.1. The molecule has 6 rings (SSSR count). The van der Waals surface area contributed by atoms with Crippen LogP contribution in [-0.4, -0.2) is 56.1 Å². The van der Waals surface area contributed by atoms with E-state index in [9.17, 15) is 0 Å². The molecule has 0 amide bonds. The third-order valence-electron chi connectivity index (χ3n) is 5.91. The van der Waals surface area contributed by atoms with Gasteiger partial charge in [0.25, 0.3) is 0 Å². The summed E-state index contributed by atoms with van der Waals surface area (Å²) >= 11 is 0. The van der Waals surface area contributed by atoms with E-state index in [1.807, 2.05) is 34.8 Å². The second-order valence-corrected chi connectivity index (χ2v) is 8.29. The van der Waals surface area contributed by atoms with E-state index in [2.05, 4.69) is 56.6 Å². The van der Waals surface area contributed by atoms with Crippen LogP contribution in [0.1, 0.15) is 5.56 Å². The lowest BCUT2D eigenvalue weighted by Gasteiger charge is -2.29. The van der Waals surface area contributed by atoms with Gasteiger partial charge in [0.2, 0.25) is 0 Å². The first kappa shape index (κ1) is 22.8. The molecule has 1 aromatic carbocycles. The number of anilines is 3.